The van der Waals surface area contributed by atoms with Gasteiger partial charge in [0.2, 0.25) is 11.6 Å². The third kappa shape index (κ3) is 5.00. The van der Waals surface area contributed by atoms with Crippen molar-refractivity contribution < 1.29 is 23.5 Å². The van der Waals surface area contributed by atoms with Crippen LogP contribution < -0.4 is 0 Å². The summed E-state index contributed by atoms with van der Waals surface area (Å²) >= 11 is 0. The first-order valence-electron chi connectivity index (χ1n) is 11.7. The molecule has 34 heavy (non-hydrogen) atoms. The summed E-state index contributed by atoms with van der Waals surface area (Å²) in [5.74, 6) is -0.534. The second-order valence-electron chi connectivity index (χ2n) is 8.78. The van der Waals surface area contributed by atoms with Crippen LogP contribution in [-0.4, -0.2) is 64.4 Å². The molecule has 1 fully saturated rings. The largest absolute Gasteiger partial charge is 0.466 e. The van der Waals surface area contributed by atoms with Crippen LogP contribution in [-0.2, 0) is 20.9 Å². The molecule has 3 heterocycles. The van der Waals surface area contributed by atoms with Crippen molar-refractivity contribution in [2.24, 2.45) is 0 Å². The van der Waals surface area contributed by atoms with Crippen LogP contribution in [0.2, 0.25) is 0 Å². The van der Waals surface area contributed by atoms with Gasteiger partial charge in [0.05, 0.1) is 25.8 Å². The molecule has 1 saturated heterocycles. The first-order chi connectivity index (χ1) is 16.4. The Morgan fingerprint density at radius 3 is 2.68 bits per heavy atom. The second kappa shape index (κ2) is 10.2. The number of ether oxygens (including phenoxy) is 1. The molecule has 1 aromatic carbocycles. The number of aryl methyl sites for hydroxylation is 1. The van der Waals surface area contributed by atoms with Crippen molar-refractivity contribution in [3.8, 4) is 0 Å². The number of furan rings is 1. The van der Waals surface area contributed by atoms with Gasteiger partial charge in [-0.25, -0.2) is 0 Å². The summed E-state index contributed by atoms with van der Waals surface area (Å²) < 4.78 is 12.5. The third-order valence-electron chi connectivity index (χ3n) is 6.23. The van der Waals surface area contributed by atoms with E-state index in [0.29, 0.717) is 44.2 Å². The topological polar surface area (TPSA) is 85.0 Å². The first-order valence-corrected chi connectivity index (χ1v) is 11.7. The summed E-state index contributed by atoms with van der Waals surface area (Å²) in [4.78, 5) is 41.3. The van der Waals surface area contributed by atoms with E-state index in [2.05, 4.69) is 6.07 Å². The highest BCUT2D eigenvalue weighted by atomic mass is 16.5. The molecule has 0 N–H and O–H groups in total. The average Bonchev–Trinajstić information content (AvgIpc) is 3.40. The van der Waals surface area contributed by atoms with Crippen LogP contribution in [0.3, 0.4) is 0 Å². The molecular formula is C26H31N3O5. The Labute approximate surface area is 199 Å². The van der Waals surface area contributed by atoms with Crippen molar-refractivity contribution in [2.45, 2.75) is 46.2 Å². The van der Waals surface area contributed by atoms with E-state index >= 15 is 0 Å². The van der Waals surface area contributed by atoms with E-state index in [1.54, 1.807) is 23.0 Å². The van der Waals surface area contributed by atoms with Gasteiger partial charge in [0.15, 0.2) is 0 Å². The maximum absolute atomic E-state index is 13.6. The molecule has 0 aliphatic carbocycles. The molecule has 1 aliphatic heterocycles. The summed E-state index contributed by atoms with van der Waals surface area (Å²) in [6.07, 6.45) is 1.82. The SMILES string of the molecule is CCOC(=O)CCC(=O)N1CCN(C(=O)c2cc3ccoc3n2Cc2cccc(C)c2)C[C@H]1C. The summed E-state index contributed by atoms with van der Waals surface area (Å²) in [6.45, 7) is 7.85. The predicted octanol–water partition coefficient (Wildman–Crippen LogP) is 3.61. The number of aromatic nitrogens is 1. The van der Waals surface area contributed by atoms with Gasteiger partial charge in [-0.05, 0) is 38.5 Å². The quantitative estimate of drug-likeness (QED) is 0.498. The molecule has 3 aromatic rings. The van der Waals surface area contributed by atoms with E-state index in [-0.39, 0.29) is 36.7 Å². The van der Waals surface area contributed by atoms with Gasteiger partial charge in [0.25, 0.3) is 5.91 Å². The lowest BCUT2D eigenvalue weighted by atomic mass is 10.1. The van der Waals surface area contributed by atoms with Crippen molar-refractivity contribution in [3.05, 3.63) is 59.5 Å². The Bertz CT molecular complexity index is 1190. The number of hydrogen-bond donors (Lipinski definition) is 0. The zero-order chi connectivity index (χ0) is 24.2. The first kappa shape index (κ1) is 23.6. The second-order valence-corrected chi connectivity index (χ2v) is 8.78. The van der Waals surface area contributed by atoms with E-state index in [4.69, 9.17) is 9.15 Å². The normalized spacial score (nSPS) is 16.1. The van der Waals surface area contributed by atoms with Crippen molar-refractivity contribution in [2.75, 3.05) is 26.2 Å². The maximum atomic E-state index is 13.6. The zero-order valence-electron chi connectivity index (χ0n) is 20.0. The van der Waals surface area contributed by atoms with Crippen molar-refractivity contribution in [3.63, 3.8) is 0 Å². The Kier molecular flexibility index (Phi) is 7.05. The molecule has 4 rings (SSSR count). The van der Waals surface area contributed by atoms with Crippen molar-refractivity contribution in [1.82, 2.24) is 14.4 Å². The van der Waals surface area contributed by atoms with E-state index in [0.717, 1.165) is 16.5 Å². The highest BCUT2D eigenvalue weighted by Crippen LogP contribution is 2.25. The fourth-order valence-electron chi connectivity index (χ4n) is 4.56. The zero-order valence-corrected chi connectivity index (χ0v) is 20.0. The van der Waals surface area contributed by atoms with E-state index in [9.17, 15) is 14.4 Å². The Morgan fingerprint density at radius 1 is 1.12 bits per heavy atom. The highest BCUT2D eigenvalue weighted by molar-refractivity contribution is 5.98. The molecule has 8 nitrogen and oxygen atoms in total. The van der Waals surface area contributed by atoms with Crippen molar-refractivity contribution >= 4 is 28.9 Å². The maximum Gasteiger partial charge on any atom is 0.306 e. The minimum Gasteiger partial charge on any atom is -0.466 e. The van der Waals surface area contributed by atoms with Gasteiger partial charge < -0.3 is 23.5 Å². The molecular weight excluding hydrogens is 434 g/mol. The Morgan fingerprint density at radius 2 is 1.94 bits per heavy atom. The summed E-state index contributed by atoms with van der Waals surface area (Å²) in [5, 5.41) is 0.886. The molecule has 0 saturated carbocycles. The minimum atomic E-state index is -0.365. The number of nitrogens with zero attached hydrogens (tertiary/aromatic N) is 3. The number of hydrogen-bond acceptors (Lipinski definition) is 5. The van der Waals surface area contributed by atoms with Gasteiger partial charge in [-0.1, -0.05) is 29.8 Å². The van der Waals surface area contributed by atoms with E-state index < -0.39 is 0 Å². The van der Waals surface area contributed by atoms with Crippen LogP contribution in [0.1, 0.15) is 48.3 Å². The van der Waals surface area contributed by atoms with Gasteiger partial charge in [0.1, 0.15) is 5.69 Å². The standard InChI is InChI=1S/C26H31N3O5/c1-4-33-24(31)9-8-23(30)28-12-11-27(16-19(28)3)25(32)22-15-21-10-13-34-26(21)29(22)17-20-7-5-6-18(2)14-20/h5-7,10,13-15,19H,4,8-9,11-12,16-17H2,1-3H3/t19-/m1/s1. The lowest BCUT2D eigenvalue weighted by molar-refractivity contribution is -0.146. The smallest absolute Gasteiger partial charge is 0.306 e. The molecule has 0 spiro atoms. The molecule has 180 valence electrons. The number of fused-ring (bicyclic) bond motifs is 1. The lowest BCUT2D eigenvalue weighted by Crippen LogP contribution is -2.55. The predicted molar refractivity (Wildman–Crippen MR) is 127 cm³/mol. The number of amides is 2. The molecule has 0 unspecified atom stereocenters. The summed E-state index contributed by atoms with van der Waals surface area (Å²) in [5.41, 5.74) is 3.50. The number of rotatable bonds is 7. The van der Waals surface area contributed by atoms with Crippen LogP contribution in [0.4, 0.5) is 0 Å². The van der Waals surface area contributed by atoms with Crippen LogP contribution >= 0.6 is 0 Å². The third-order valence-corrected chi connectivity index (χ3v) is 6.23. The summed E-state index contributed by atoms with van der Waals surface area (Å²) in [6, 6.07) is 11.8. The van der Waals surface area contributed by atoms with Gasteiger partial charge in [0, 0.05) is 37.5 Å². The van der Waals surface area contributed by atoms with Gasteiger partial charge >= 0.3 is 5.97 Å². The fraction of sp³-hybridized carbons (Fsp3) is 0.423. The van der Waals surface area contributed by atoms with E-state index in [1.807, 2.05) is 48.7 Å². The van der Waals surface area contributed by atoms with E-state index in [1.165, 1.54) is 0 Å². The molecule has 2 amide bonds. The van der Waals surface area contributed by atoms with Crippen LogP contribution in [0.5, 0.6) is 0 Å². The number of benzene rings is 1. The number of esters is 1. The van der Waals surface area contributed by atoms with Crippen LogP contribution in [0.15, 0.2) is 47.1 Å². The lowest BCUT2D eigenvalue weighted by Gasteiger charge is -2.40. The highest BCUT2D eigenvalue weighted by Gasteiger charge is 2.32. The van der Waals surface area contributed by atoms with Gasteiger partial charge in [-0.3, -0.25) is 14.4 Å². The Balaban J connectivity index is 1.47. The van der Waals surface area contributed by atoms with Crippen LogP contribution in [0, 0.1) is 6.92 Å². The molecule has 0 radical (unpaired) electrons. The Hall–Kier alpha value is -3.55. The number of carbonyl (C=O) groups excluding carboxylic acids is 3. The molecule has 1 atom stereocenters. The molecule has 8 heteroatoms. The average molecular weight is 466 g/mol. The molecule has 0 bridgehead atoms. The van der Waals surface area contributed by atoms with Gasteiger partial charge in [-0.2, -0.15) is 0 Å². The monoisotopic (exact) mass is 465 g/mol. The molecule has 2 aromatic heterocycles. The van der Waals surface area contributed by atoms with Gasteiger partial charge in [-0.15, -0.1) is 0 Å². The fourth-order valence-corrected chi connectivity index (χ4v) is 4.56. The number of carbonyl (C=O) groups is 3. The van der Waals surface area contributed by atoms with Crippen molar-refractivity contribution in [1.29, 1.82) is 0 Å². The van der Waals surface area contributed by atoms with Crippen LogP contribution in [0.25, 0.3) is 11.1 Å². The minimum absolute atomic E-state index is 0.0735. The summed E-state index contributed by atoms with van der Waals surface area (Å²) in [7, 11) is 0. The number of piperazine rings is 1. The molecule has 1 aliphatic rings.